The Hall–Kier alpha value is -3.63. The van der Waals surface area contributed by atoms with Crippen molar-refractivity contribution in [1.29, 1.82) is 5.26 Å². The summed E-state index contributed by atoms with van der Waals surface area (Å²) in [5.41, 5.74) is 8.98. The molecule has 0 saturated heterocycles. The number of benzene rings is 2. The first-order chi connectivity index (χ1) is 14.4. The summed E-state index contributed by atoms with van der Waals surface area (Å²) < 4.78 is 0. The van der Waals surface area contributed by atoms with E-state index in [1.54, 1.807) is 41.3 Å². The van der Waals surface area contributed by atoms with Gasteiger partial charge in [-0.05, 0) is 36.6 Å². The molecule has 0 saturated carbocycles. The Morgan fingerprint density at radius 3 is 2.60 bits per heavy atom. The second-order valence-corrected chi connectivity index (χ2v) is 7.58. The van der Waals surface area contributed by atoms with E-state index < -0.39 is 10.8 Å². The second-order valence-electron chi connectivity index (χ2n) is 7.14. The summed E-state index contributed by atoms with van der Waals surface area (Å²) in [7, 11) is 0. The minimum absolute atomic E-state index is 0.0492. The number of allylic oxidation sites excluding steroid dienone is 3. The molecular weight excluding hydrogens is 404 g/mol. The molecule has 0 spiro atoms. The SMILES string of the molecule is N#CC1=C(N)N(c2cccc([N+](=O)[O-])c2)C2=C(C(=O)CCC2)C1c1ccc(Cl)cc1. The molecule has 0 fully saturated rings. The van der Waals surface area contributed by atoms with Gasteiger partial charge in [-0.3, -0.25) is 19.8 Å². The Morgan fingerprint density at radius 1 is 1.20 bits per heavy atom. The normalized spacial score (nSPS) is 18.9. The van der Waals surface area contributed by atoms with Gasteiger partial charge in [-0.25, -0.2) is 0 Å². The Labute approximate surface area is 177 Å². The van der Waals surface area contributed by atoms with Crippen molar-refractivity contribution >= 4 is 28.8 Å². The van der Waals surface area contributed by atoms with E-state index in [1.165, 1.54) is 12.1 Å². The third kappa shape index (κ3) is 3.21. The number of rotatable bonds is 3. The fourth-order valence-corrected chi connectivity index (χ4v) is 4.24. The molecule has 0 amide bonds. The summed E-state index contributed by atoms with van der Waals surface area (Å²) in [6, 6.07) is 15.2. The van der Waals surface area contributed by atoms with Crippen LogP contribution in [0, 0.1) is 21.4 Å². The number of carbonyl (C=O) groups is 1. The van der Waals surface area contributed by atoms with E-state index in [4.69, 9.17) is 17.3 Å². The molecule has 1 aliphatic heterocycles. The molecule has 150 valence electrons. The van der Waals surface area contributed by atoms with Crippen molar-refractivity contribution in [1.82, 2.24) is 0 Å². The van der Waals surface area contributed by atoms with Crippen LogP contribution in [0.4, 0.5) is 11.4 Å². The fraction of sp³-hybridized carbons (Fsp3) is 0.182. The predicted molar refractivity (Wildman–Crippen MR) is 112 cm³/mol. The lowest BCUT2D eigenvalue weighted by molar-refractivity contribution is -0.384. The summed E-state index contributed by atoms with van der Waals surface area (Å²) in [6.07, 6.45) is 1.60. The van der Waals surface area contributed by atoms with E-state index in [-0.39, 0.29) is 22.9 Å². The maximum absolute atomic E-state index is 13.0. The molecule has 0 bridgehead atoms. The Bertz CT molecular complexity index is 1160. The van der Waals surface area contributed by atoms with Gasteiger partial charge in [0.05, 0.1) is 28.2 Å². The van der Waals surface area contributed by atoms with Crippen LogP contribution in [0.5, 0.6) is 0 Å². The van der Waals surface area contributed by atoms with Crippen LogP contribution in [0.25, 0.3) is 0 Å². The van der Waals surface area contributed by atoms with E-state index in [9.17, 15) is 20.2 Å². The molecule has 2 aromatic rings. The van der Waals surface area contributed by atoms with Crippen molar-refractivity contribution in [3.05, 3.63) is 91.9 Å². The van der Waals surface area contributed by atoms with Crippen molar-refractivity contribution in [2.45, 2.75) is 25.2 Å². The van der Waals surface area contributed by atoms with E-state index in [1.807, 2.05) is 0 Å². The summed E-state index contributed by atoms with van der Waals surface area (Å²) in [6.45, 7) is 0. The molecule has 7 nitrogen and oxygen atoms in total. The number of carbonyl (C=O) groups excluding carboxylic acids is 1. The molecule has 0 radical (unpaired) electrons. The third-order valence-corrected chi connectivity index (χ3v) is 5.67. The highest BCUT2D eigenvalue weighted by molar-refractivity contribution is 6.30. The van der Waals surface area contributed by atoms with Gasteiger partial charge in [0.25, 0.3) is 5.69 Å². The molecule has 1 atom stereocenters. The molecule has 4 rings (SSSR count). The van der Waals surface area contributed by atoms with Gasteiger partial charge in [0.15, 0.2) is 5.78 Å². The molecule has 2 aromatic carbocycles. The first kappa shape index (κ1) is 19.7. The highest BCUT2D eigenvalue weighted by atomic mass is 35.5. The number of nitro groups is 1. The van der Waals surface area contributed by atoms with Gasteiger partial charge in [0.2, 0.25) is 0 Å². The summed E-state index contributed by atoms with van der Waals surface area (Å²) in [4.78, 5) is 25.4. The average Bonchev–Trinajstić information content (AvgIpc) is 2.74. The maximum atomic E-state index is 13.0. The van der Waals surface area contributed by atoms with Crippen molar-refractivity contribution in [2.24, 2.45) is 5.73 Å². The smallest absolute Gasteiger partial charge is 0.271 e. The van der Waals surface area contributed by atoms with Gasteiger partial charge in [0, 0.05) is 34.8 Å². The molecule has 1 heterocycles. The van der Waals surface area contributed by atoms with Crippen LogP contribution in [0.15, 0.2) is 71.2 Å². The minimum Gasteiger partial charge on any atom is -0.384 e. The standard InChI is InChI=1S/C22H17ClN4O3/c23-14-9-7-13(8-10-14)20-17(12-24)22(25)26(18-5-2-6-19(28)21(18)20)15-3-1-4-16(11-15)27(29)30/h1,3-4,7-11,20H,2,5-6,25H2. The lowest BCUT2D eigenvalue weighted by Crippen LogP contribution is -2.38. The van der Waals surface area contributed by atoms with Crippen LogP contribution in [-0.4, -0.2) is 10.7 Å². The number of hydrogen-bond donors (Lipinski definition) is 1. The molecule has 2 aliphatic rings. The van der Waals surface area contributed by atoms with Gasteiger partial charge in [0.1, 0.15) is 5.82 Å². The van der Waals surface area contributed by atoms with Gasteiger partial charge in [-0.2, -0.15) is 5.26 Å². The monoisotopic (exact) mass is 420 g/mol. The number of Topliss-reactive ketones (excluding diaryl/α,β-unsaturated/α-hetero) is 1. The van der Waals surface area contributed by atoms with Crippen molar-refractivity contribution in [2.75, 3.05) is 4.90 Å². The number of halogens is 1. The fourth-order valence-electron chi connectivity index (χ4n) is 4.12. The minimum atomic E-state index is -0.593. The van der Waals surface area contributed by atoms with Gasteiger partial charge in [-0.15, -0.1) is 0 Å². The Kier molecular flexibility index (Phi) is 5.02. The third-order valence-electron chi connectivity index (χ3n) is 5.42. The van der Waals surface area contributed by atoms with E-state index in [0.717, 1.165) is 5.56 Å². The van der Waals surface area contributed by atoms with Crippen LogP contribution in [0.1, 0.15) is 30.7 Å². The molecule has 1 unspecified atom stereocenters. The summed E-state index contributed by atoms with van der Waals surface area (Å²) in [5.74, 6) is -0.469. The number of non-ortho nitro benzene ring substituents is 1. The van der Waals surface area contributed by atoms with Crippen molar-refractivity contribution in [3.8, 4) is 6.07 Å². The number of nitro benzene ring substituents is 1. The number of nitriles is 1. The van der Waals surface area contributed by atoms with Crippen LogP contribution >= 0.6 is 11.6 Å². The largest absolute Gasteiger partial charge is 0.384 e. The zero-order valence-corrected chi connectivity index (χ0v) is 16.6. The lowest BCUT2D eigenvalue weighted by Gasteiger charge is -2.39. The highest BCUT2D eigenvalue weighted by Crippen LogP contribution is 2.46. The maximum Gasteiger partial charge on any atom is 0.271 e. The van der Waals surface area contributed by atoms with Gasteiger partial charge in [-0.1, -0.05) is 29.8 Å². The number of ketones is 1. The van der Waals surface area contributed by atoms with Crippen molar-refractivity contribution < 1.29 is 9.72 Å². The number of nitrogens with two attached hydrogens (primary N) is 1. The van der Waals surface area contributed by atoms with Crippen LogP contribution in [-0.2, 0) is 4.79 Å². The van der Waals surface area contributed by atoms with E-state index >= 15 is 0 Å². The molecule has 1 aliphatic carbocycles. The van der Waals surface area contributed by atoms with Gasteiger partial charge < -0.3 is 5.73 Å². The van der Waals surface area contributed by atoms with Crippen LogP contribution in [0.3, 0.4) is 0 Å². The molecule has 8 heteroatoms. The van der Waals surface area contributed by atoms with Crippen molar-refractivity contribution in [3.63, 3.8) is 0 Å². The first-order valence-electron chi connectivity index (χ1n) is 9.38. The van der Waals surface area contributed by atoms with E-state index in [0.29, 0.717) is 41.2 Å². The lowest BCUT2D eigenvalue weighted by atomic mass is 9.75. The number of hydrogen-bond acceptors (Lipinski definition) is 6. The van der Waals surface area contributed by atoms with Crippen LogP contribution < -0.4 is 10.6 Å². The number of nitrogens with zero attached hydrogens (tertiary/aromatic N) is 3. The zero-order valence-electron chi connectivity index (χ0n) is 15.8. The molecule has 30 heavy (non-hydrogen) atoms. The van der Waals surface area contributed by atoms with Gasteiger partial charge >= 0.3 is 0 Å². The van der Waals surface area contributed by atoms with Crippen LogP contribution in [0.2, 0.25) is 5.02 Å². The quantitative estimate of drug-likeness (QED) is 0.575. The second kappa shape index (κ2) is 7.65. The Balaban J connectivity index is 1.95. The number of anilines is 1. The zero-order chi connectivity index (χ0) is 21.4. The van der Waals surface area contributed by atoms with E-state index in [2.05, 4.69) is 6.07 Å². The molecular formula is C22H17ClN4O3. The topological polar surface area (TPSA) is 113 Å². The predicted octanol–water partition coefficient (Wildman–Crippen LogP) is 4.55. The summed E-state index contributed by atoms with van der Waals surface area (Å²) >= 11 is 6.02. The highest BCUT2D eigenvalue weighted by Gasteiger charge is 2.40. The first-order valence-corrected chi connectivity index (χ1v) is 9.76. The Morgan fingerprint density at radius 2 is 1.93 bits per heavy atom. The average molecular weight is 421 g/mol. The summed E-state index contributed by atoms with van der Waals surface area (Å²) in [5, 5.41) is 21.7. The molecule has 2 N–H and O–H groups in total. The molecule has 0 aromatic heterocycles.